The average molecular weight is 186 g/mol. The lowest BCUT2D eigenvalue weighted by Gasteiger charge is -2.03. The van der Waals surface area contributed by atoms with Crippen LogP contribution in [-0.4, -0.2) is 26.3 Å². The molecule has 4 nitrogen and oxygen atoms in total. The first-order valence-corrected chi connectivity index (χ1v) is 4.49. The van der Waals surface area contributed by atoms with E-state index in [0.717, 1.165) is 12.8 Å². The number of methoxy groups -OCH3 is 1. The third-order valence-corrected chi connectivity index (χ3v) is 1.38. The molecule has 0 radical (unpaired) electrons. The molecule has 13 heavy (non-hydrogen) atoms. The molecule has 0 aliphatic rings. The van der Waals surface area contributed by atoms with Gasteiger partial charge in [-0.3, -0.25) is 0 Å². The van der Waals surface area contributed by atoms with Gasteiger partial charge in [-0.15, -0.1) is 0 Å². The fraction of sp³-hybridized carbons (Fsp3) is 0.667. The largest absolute Gasteiger partial charge is 0.385 e. The number of urea groups is 1. The monoisotopic (exact) mass is 186 g/mol. The van der Waals surface area contributed by atoms with Gasteiger partial charge in [-0.1, -0.05) is 13.0 Å². The Morgan fingerprint density at radius 2 is 2.31 bits per heavy atom. The minimum atomic E-state index is -0.166. The van der Waals surface area contributed by atoms with Gasteiger partial charge in [0.15, 0.2) is 0 Å². The summed E-state index contributed by atoms with van der Waals surface area (Å²) in [6, 6.07) is -0.166. The van der Waals surface area contributed by atoms with Gasteiger partial charge in [-0.05, 0) is 12.8 Å². The number of allylic oxidation sites excluding steroid dienone is 1. The van der Waals surface area contributed by atoms with E-state index < -0.39 is 0 Å². The molecule has 2 amide bonds. The first-order chi connectivity index (χ1) is 6.31. The molecule has 76 valence electrons. The van der Waals surface area contributed by atoms with Crippen molar-refractivity contribution < 1.29 is 9.53 Å². The molecule has 0 spiro atoms. The summed E-state index contributed by atoms with van der Waals surface area (Å²) >= 11 is 0. The maximum absolute atomic E-state index is 11.0. The molecule has 0 rings (SSSR count). The van der Waals surface area contributed by atoms with Gasteiger partial charge in [0.05, 0.1) is 0 Å². The molecule has 0 heterocycles. The highest BCUT2D eigenvalue weighted by Crippen LogP contribution is 1.78. The number of hydrogen-bond donors (Lipinski definition) is 2. The lowest BCUT2D eigenvalue weighted by Crippen LogP contribution is -2.33. The first kappa shape index (κ1) is 12.0. The summed E-state index contributed by atoms with van der Waals surface area (Å²) in [6.45, 7) is 3.32. The molecule has 0 saturated heterocycles. The zero-order chi connectivity index (χ0) is 9.94. The summed E-state index contributed by atoms with van der Waals surface area (Å²) in [5.74, 6) is 0. The number of carbonyl (C=O) groups is 1. The van der Waals surface area contributed by atoms with Crippen LogP contribution >= 0.6 is 0 Å². The molecular formula is C9H18N2O2. The standard InChI is InChI=1S/C9H18N2O2/c1-3-4-6-10-9(12)11-7-5-8-13-2/h4,6H,3,5,7-8H2,1-2H3,(H2,10,11,12)/b6-4+. The van der Waals surface area contributed by atoms with E-state index in [-0.39, 0.29) is 6.03 Å². The third kappa shape index (κ3) is 8.88. The summed E-state index contributed by atoms with van der Waals surface area (Å²) in [5, 5.41) is 5.28. The van der Waals surface area contributed by atoms with Crippen molar-refractivity contribution in [2.45, 2.75) is 19.8 Å². The van der Waals surface area contributed by atoms with Crippen LogP contribution in [0.1, 0.15) is 19.8 Å². The lowest BCUT2D eigenvalue weighted by molar-refractivity contribution is 0.193. The Labute approximate surface area is 79.3 Å². The van der Waals surface area contributed by atoms with Crippen LogP contribution in [0.2, 0.25) is 0 Å². The second-order valence-corrected chi connectivity index (χ2v) is 2.56. The highest BCUT2D eigenvalue weighted by molar-refractivity contribution is 5.74. The number of carbonyl (C=O) groups excluding carboxylic acids is 1. The van der Waals surface area contributed by atoms with E-state index in [9.17, 15) is 4.79 Å². The second kappa shape index (κ2) is 9.06. The number of ether oxygens (including phenoxy) is 1. The van der Waals surface area contributed by atoms with Crippen LogP contribution in [0, 0.1) is 0 Å². The van der Waals surface area contributed by atoms with Crippen LogP contribution in [0.3, 0.4) is 0 Å². The summed E-state index contributed by atoms with van der Waals surface area (Å²) < 4.78 is 4.84. The fourth-order valence-corrected chi connectivity index (χ4v) is 0.722. The average Bonchev–Trinajstić information content (AvgIpc) is 2.13. The predicted molar refractivity (Wildman–Crippen MR) is 52.5 cm³/mol. The highest BCUT2D eigenvalue weighted by Gasteiger charge is 1.94. The maximum Gasteiger partial charge on any atom is 0.318 e. The van der Waals surface area contributed by atoms with Crippen molar-refractivity contribution in [2.75, 3.05) is 20.3 Å². The van der Waals surface area contributed by atoms with Gasteiger partial charge in [0.1, 0.15) is 0 Å². The lowest BCUT2D eigenvalue weighted by atomic mass is 10.4. The minimum absolute atomic E-state index is 0.166. The van der Waals surface area contributed by atoms with E-state index in [2.05, 4.69) is 10.6 Å². The molecule has 0 aliphatic carbocycles. The third-order valence-electron chi connectivity index (χ3n) is 1.38. The molecular weight excluding hydrogens is 168 g/mol. The van der Waals surface area contributed by atoms with Crippen molar-refractivity contribution in [3.63, 3.8) is 0 Å². The zero-order valence-corrected chi connectivity index (χ0v) is 8.30. The Morgan fingerprint density at radius 1 is 1.54 bits per heavy atom. The summed E-state index contributed by atoms with van der Waals surface area (Å²) in [4.78, 5) is 11.0. The van der Waals surface area contributed by atoms with Crippen LogP contribution in [0.5, 0.6) is 0 Å². The van der Waals surface area contributed by atoms with Crippen LogP contribution in [0.4, 0.5) is 4.79 Å². The van der Waals surface area contributed by atoms with Gasteiger partial charge in [-0.25, -0.2) is 4.79 Å². The summed E-state index contributed by atoms with van der Waals surface area (Å²) in [7, 11) is 1.64. The van der Waals surface area contributed by atoms with Gasteiger partial charge in [-0.2, -0.15) is 0 Å². The van der Waals surface area contributed by atoms with Crippen molar-refractivity contribution in [3.05, 3.63) is 12.3 Å². The Bertz CT molecular complexity index is 158. The van der Waals surface area contributed by atoms with Gasteiger partial charge in [0.25, 0.3) is 0 Å². The van der Waals surface area contributed by atoms with Crippen LogP contribution in [0.15, 0.2) is 12.3 Å². The van der Waals surface area contributed by atoms with Gasteiger partial charge in [0, 0.05) is 26.5 Å². The van der Waals surface area contributed by atoms with Crippen LogP contribution < -0.4 is 10.6 Å². The van der Waals surface area contributed by atoms with E-state index >= 15 is 0 Å². The highest BCUT2D eigenvalue weighted by atomic mass is 16.5. The quantitative estimate of drug-likeness (QED) is 0.613. The van der Waals surface area contributed by atoms with Crippen LogP contribution in [-0.2, 0) is 4.74 Å². The summed E-state index contributed by atoms with van der Waals surface area (Å²) in [5.41, 5.74) is 0. The molecule has 0 atom stereocenters. The molecule has 0 aromatic rings. The number of rotatable bonds is 6. The molecule has 0 aliphatic heterocycles. The Kier molecular flexibility index (Phi) is 8.34. The Balaban J connectivity index is 3.25. The van der Waals surface area contributed by atoms with Gasteiger partial charge < -0.3 is 15.4 Å². The zero-order valence-electron chi connectivity index (χ0n) is 8.30. The van der Waals surface area contributed by atoms with Crippen molar-refractivity contribution in [1.29, 1.82) is 0 Å². The number of amides is 2. The molecule has 2 N–H and O–H groups in total. The van der Waals surface area contributed by atoms with E-state index in [1.54, 1.807) is 13.3 Å². The molecule has 0 aromatic carbocycles. The SMILES string of the molecule is CC/C=C/NC(=O)NCCCOC. The molecule has 0 bridgehead atoms. The molecule has 0 fully saturated rings. The predicted octanol–water partition coefficient (Wildman–Crippen LogP) is 1.25. The summed E-state index contributed by atoms with van der Waals surface area (Å²) in [6.07, 6.45) is 5.28. The van der Waals surface area contributed by atoms with E-state index in [4.69, 9.17) is 4.74 Å². The van der Waals surface area contributed by atoms with Crippen molar-refractivity contribution in [2.24, 2.45) is 0 Å². The smallest absolute Gasteiger partial charge is 0.318 e. The topological polar surface area (TPSA) is 50.4 Å². The van der Waals surface area contributed by atoms with Crippen molar-refractivity contribution >= 4 is 6.03 Å². The normalized spacial score (nSPS) is 10.3. The van der Waals surface area contributed by atoms with E-state index in [0.29, 0.717) is 13.2 Å². The second-order valence-electron chi connectivity index (χ2n) is 2.56. The molecule has 4 heteroatoms. The van der Waals surface area contributed by atoms with Crippen LogP contribution in [0.25, 0.3) is 0 Å². The Morgan fingerprint density at radius 3 is 2.92 bits per heavy atom. The molecule has 0 saturated carbocycles. The van der Waals surface area contributed by atoms with E-state index in [1.165, 1.54) is 0 Å². The van der Waals surface area contributed by atoms with Crippen molar-refractivity contribution in [1.82, 2.24) is 10.6 Å². The fourth-order valence-electron chi connectivity index (χ4n) is 0.722. The van der Waals surface area contributed by atoms with Gasteiger partial charge in [0.2, 0.25) is 0 Å². The van der Waals surface area contributed by atoms with Gasteiger partial charge >= 0.3 is 6.03 Å². The first-order valence-electron chi connectivity index (χ1n) is 4.49. The number of hydrogen-bond acceptors (Lipinski definition) is 2. The van der Waals surface area contributed by atoms with Crippen molar-refractivity contribution in [3.8, 4) is 0 Å². The van der Waals surface area contributed by atoms with E-state index in [1.807, 2.05) is 13.0 Å². The molecule has 0 unspecified atom stereocenters. The Hall–Kier alpha value is -1.03. The minimum Gasteiger partial charge on any atom is -0.385 e. The number of nitrogens with one attached hydrogen (secondary N) is 2. The molecule has 0 aromatic heterocycles. The maximum atomic E-state index is 11.0.